The highest BCUT2D eigenvalue weighted by Crippen LogP contribution is 2.26. The van der Waals surface area contributed by atoms with Gasteiger partial charge in [-0.1, -0.05) is 13.8 Å². The summed E-state index contributed by atoms with van der Waals surface area (Å²) in [6, 6.07) is 12.5. The Labute approximate surface area is 197 Å². The Balaban J connectivity index is 1.83. The van der Waals surface area contributed by atoms with Crippen molar-refractivity contribution in [1.29, 1.82) is 0 Å². The van der Waals surface area contributed by atoms with Gasteiger partial charge in [0.1, 0.15) is 18.1 Å². The zero-order chi connectivity index (χ0) is 22.6. The number of carbonyl (C=O) groups is 1. The summed E-state index contributed by atoms with van der Waals surface area (Å²) in [5.41, 5.74) is 1.22. The first kappa shape index (κ1) is 25.1. The van der Waals surface area contributed by atoms with Crippen LogP contribution in [0.4, 0.5) is 5.69 Å². The number of anilines is 1. The molecule has 0 unspecified atom stereocenters. The van der Waals surface area contributed by atoms with Crippen molar-refractivity contribution in [2.75, 3.05) is 31.7 Å². The Kier molecular flexibility index (Phi) is 10.8. The van der Waals surface area contributed by atoms with Gasteiger partial charge < -0.3 is 19.5 Å². The van der Waals surface area contributed by atoms with Gasteiger partial charge in [0, 0.05) is 17.9 Å². The summed E-state index contributed by atoms with van der Waals surface area (Å²) in [7, 11) is 0. The van der Waals surface area contributed by atoms with Gasteiger partial charge in [0.25, 0.3) is 5.91 Å². The molecule has 0 aromatic heterocycles. The van der Waals surface area contributed by atoms with Gasteiger partial charge in [-0.15, -0.1) is 0 Å². The summed E-state index contributed by atoms with van der Waals surface area (Å²) in [4.78, 5) is 12.5. The highest BCUT2D eigenvalue weighted by molar-refractivity contribution is 9.10. The second-order valence-electron chi connectivity index (χ2n) is 7.15. The third kappa shape index (κ3) is 9.25. The fourth-order valence-electron chi connectivity index (χ4n) is 2.50. The first-order valence-electron chi connectivity index (χ1n) is 10.2. The Morgan fingerprint density at radius 2 is 1.81 bits per heavy atom. The molecule has 0 aliphatic carbocycles. The van der Waals surface area contributed by atoms with Gasteiger partial charge in [0.15, 0.2) is 5.11 Å². The van der Waals surface area contributed by atoms with E-state index in [0.717, 1.165) is 22.3 Å². The zero-order valence-corrected chi connectivity index (χ0v) is 20.5. The average molecular weight is 509 g/mol. The van der Waals surface area contributed by atoms with Crippen LogP contribution in [0, 0.1) is 5.92 Å². The van der Waals surface area contributed by atoms with Crippen molar-refractivity contribution in [3.05, 3.63) is 52.5 Å². The van der Waals surface area contributed by atoms with Crippen LogP contribution >= 0.6 is 28.1 Å². The molecule has 0 radical (unpaired) electrons. The molecule has 31 heavy (non-hydrogen) atoms. The van der Waals surface area contributed by atoms with Crippen LogP contribution in [0.25, 0.3) is 0 Å². The monoisotopic (exact) mass is 508 g/mol. The van der Waals surface area contributed by atoms with Gasteiger partial charge in [-0.25, -0.2) is 0 Å². The molecule has 0 atom stereocenters. The van der Waals surface area contributed by atoms with Crippen molar-refractivity contribution >= 4 is 44.9 Å². The number of benzene rings is 2. The molecule has 0 bridgehead atoms. The number of thiocarbonyl (C=S) groups is 1. The number of rotatable bonds is 11. The second-order valence-corrected chi connectivity index (χ2v) is 8.42. The predicted molar refractivity (Wildman–Crippen MR) is 131 cm³/mol. The first-order chi connectivity index (χ1) is 14.9. The van der Waals surface area contributed by atoms with E-state index in [1.54, 1.807) is 18.2 Å². The lowest BCUT2D eigenvalue weighted by molar-refractivity contribution is 0.0977. The number of hydrogen-bond donors (Lipinski definition) is 2. The number of halogens is 1. The topological polar surface area (TPSA) is 68.8 Å². The van der Waals surface area contributed by atoms with Crippen LogP contribution in [0.1, 0.15) is 37.6 Å². The molecule has 168 valence electrons. The van der Waals surface area contributed by atoms with Crippen molar-refractivity contribution < 1.29 is 19.0 Å². The number of amides is 1. The molecule has 8 heteroatoms. The molecule has 0 fully saturated rings. The molecule has 0 aliphatic rings. The molecule has 1 amide bonds. The van der Waals surface area contributed by atoms with Gasteiger partial charge in [0.05, 0.1) is 17.7 Å². The molecular formula is C23H29BrN2O4S. The van der Waals surface area contributed by atoms with Crippen LogP contribution < -0.4 is 20.1 Å². The van der Waals surface area contributed by atoms with Gasteiger partial charge in [-0.05, 0) is 89.9 Å². The summed E-state index contributed by atoms with van der Waals surface area (Å²) in [6.45, 7) is 8.58. The van der Waals surface area contributed by atoms with E-state index in [-0.39, 0.29) is 11.0 Å². The lowest BCUT2D eigenvalue weighted by atomic mass is 10.1. The Morgan fingerprint density at radius 1 is 1.06 bits per heavy atom. The molecule has 2 aromatic carbocycles. The maximum atomic E-state index is 12.5. The highest BCUT2D eigenvalue weighted by atomic mass is 79.9. The molecule has 0 saturated carbocycles. The summed E-state index contributed by atoms with van der Waals surface area (Å²) in [5.74, 6) is 1.71. The van der Waals surface area contributed by atoms with E-state index in [0.29, 0.717) is 43.7 Å². The van der Waals surface area contributed by atoms with Crippen LogP contribution in [0.3, 0.4) is 0 Å². The van der Waals surface area contributed by atoms with Gasteiger partial charge >= 0.3 is 0 Å². The third-order valence-corrected chi connectivity index (χ3v) is 5.01. The van der Waals surface area contributed by atoms with Crippen LogP contribution in [-0.2, 0) is 4.74 Å². The minimum absolute atomic E-state index is 0.211. The van der Waals surface area contributed by atoms with Crippen LogP contribution in [0.2, 0.25) is 0 Å². The van der Waals surface area contributed by atoms with E-state index >= 15 is 0 Å². The fraction of sp³-hybridized carbons (Fsp3) is 0.391. The molecule has 2 N–H and O–H groups in total. The highest BCUT2D eigenvalue weighted by Gasteiger charge is 2.11. The Hall–Kier alpha value is -2.16. The standard InChI is InChI=1S/C23H29BrN2O4S/c1-4-28-13-14-29-19-8-6-18(7-9-19)25-23(31)26-22(27)17-5-10-21(20(24)15-17)30-12-11-16(2)3/h5-10,15-16H,4,11-14H2,1-3H3,(H2,25,26,27,31). The van der Waals surface area contributed by atoms with E-state index in [4.69, 9.17) is 26.4 Å². The number of hydrogen-bond acceptors (Lipinski definition) is 5. The van der Waals surface area contributed by atoms with E-state index in [9.17, 15) is 4.79 Å². The zero-order valence-electron chi connectivity index (χ0n) is 18.1. The molecule has 6 nitrogen and oxygen atoms in total. The molecular weight excluding hydrogens is 480 g/mol. The molecule has 0 spiro atoms. The maximum absolute atomic E-state index is 12.5. The van der Waals surface area contributed by atoms with E-state index < -0.39 is 0 Å². The third-order valence-electron chi connectivity index (χ3n) is 4.19. The van der Waals surface area contributed by atoms with Crippen LogP contribution in [0.5, 0.6) is 11.5 Å². The van der Waals surface area contributed by atoms with Crippen molar-refractivity contribution in [3.8, 4) is 11.5 Å². The summed E-state index contributed by atoms with van der Waals surface area (Å²) in [5, 5.41) is 5.89. The second kappa shape index (κ2) is 13.3. The van der Waals surface area contributed by atoms with Crippen LogP contribution in [0.15, 0.2) is 46.9 Å². The minimum Gasteiger partial charge on any atom is -0.492 e. The molecule has 0 aliphatic heterocycles. The van der Waals surface area contributed by atoms with Crippen molar-refractivity contribution in [1.82, 2.24) is 5.32 Å². The summed E-state index contributed by atoms with van der Waals surface area (Å²) < 4.78 is 17.3. The molecule has 0 saturated heterocycles. The quantitative estimate of drug-likeness (QED) is 0.312. The lowest BCUT2D eigenvalue weighted by Crippen LogP contribution is -2.34. The van der Waals surface area contributed by atoms with Crippen molar-refractivity contribution in [3.63, 3.8) is 0 Å². The molecule has 0 heterocycles. The summed E-state index contributed by atoms with van der Waals surface area (Å²) >= 11 is 8.72. The number of carbonyl (C=O) groups excluding carboxylic acids is 1. The van der Waals surface area contributed by atoms with Gasteiger partial charge in [0.2, 0.25) is 0 Å². The minimum atomic E-state index is -0.303. The summed E-state index contributed by atoms with van der Waals surface area (Å²) in [6.07, 6.45) is 0.967. The van der Waals surface area contributed by atoms with Crippen LogP contribution in [-0.4, -0.2) is 37.4 Å². The van der Waals surface area contributed by atoms with E-state index in [1.165, 1.54) is 0 Å². The van der Waals surface area contributed by atoms with Gasteiger partial charge in [-0.3, -0.25) is 10.1 Å². The number of ether oxygens (including phenoxy) is 3. The van der Waals surface area contributed by atoms with Crippen molar-refractivity contribution in [2.45, 2.75) is 27.2 Å². The average Bonchev–Trinajstić information content (AvgIpc) is 2.73. The predicted octanol–water partition coefficient (Wildman–Crippen LogP) is 5.42. The molecule has 2 aromatic rings. The number of nitrogens with one attached hydrogen (secondary N) is 2. The maximum Gasteiger partial charge on any atom is 0.257 e. The fourth-order valence-corrected chi connectivity index (χ4v) is 3.20. The normalized spacial score (nSPS) is 10.6. The SMILES string of the molecule is CCOCCOc1ccc(NC(=S)NC(=O)c2ccc(OCCC(C)C)c(Br)c2)cc1. The lowest BCUT2D eigenvalue weighted by Gasteiger charge is -2.12. The first-order valence-corrected chi connectivity index (χ1v) is 11.4. The van der Waals surface area contributed by atoms with Crippen molar-refractivity contribution in [2.24, 2.45) is 5.92 Å². The largest absolute Gasteiger partial charge is 0.492 e. The van der Waals surface area contributed by atoms with Gasteiger partial charge in [-0.2, -0.15) is 0 Å². The molecule has 2 rings (SSSR count). The van der Waals surface area contributed by atoms with E-state index in [1.807, 2.05) is 31.2 Å². The Morgan fingerprint density at radius 3 is 2.45 bits per heavy atom. The van der Waals surface area contributed by atoms with E-state index in [2.05, 4.69) is 40.4 Å². The smallest absolute Gasteiger partial charge is 0.257 e. The Bertz CT molecular complexity index is 859.